The van der Waals surface area contributed by atoms with Crippen LogP contribution in [0.15, 0.2) is 24.3 Å². The van der Waals surface area contributed by atoms with E-state index in [-0.39, 0.29) is 11.5 Å². The quantitative estimate of drug-likeness (QED) is 0.869. The fraction of sp³-hybridized carbons (Fsp3) is 0.385. The molecule has 1 rings (SSSR count). The van der Waals surface area contributed by atoms with E-state index in [9.17, 15) is 9.59 Å². The van der Waals surface area contributed by atoms with Crippen molar-refractivity contribution in [2.24, 2.45) is 5.92 Å². The van der Waals surface area contributed by atoms with Gasteiger partial charge >= 0.3 is 5.97 Å². The molecule has 1 aromatic rings. The van der Waals surface area contributed by atoms with Gasteiger partial charge in [0.15, 0.2) is 0 Å². The first-order valence-corrected chi connectivity index (χ1v) is 5.50. The van der Waals surface area contributed by atoms with Gasteiger partial charge in [0.05, 0.1) is 5.56 Å². The molecule has 0 saturated heterocycles. The van der Waals surface area contributed by atoms with Crippen molar-refractivity contribution in [3.8, 4) is 0 Å². The van der Waals surface area contributed by atoms with Gasteiger partial charge in [0.25, 0.3) is 5.91 Å². The van der Waals surface area contributed by atoms with Crippen molar-refractivity contribution >= 4 is 11.9 Å². The summed E-state index contributed by atoms with van der Waals surface area (Å²) >= 11 is 0. The topological polar surface area (TPSA) is 57.6 Å². The second-order valence-corrected chi connectivity index (χ2v) is 4.47. The van der Waals surface area contributed by atoms with Crippen LogP contribution in [0.2, 0.25) is 0 Å². The number of carboxylic acids is 1. The van der Waals surface area contributed by atoms with Gasteiger partial charge in [-0.05, 0) is 24.1 Å². The van der Waals surface area contributed by atoms with Crippen molar-refractivity contribution in [2.75, 3.05) is 13.6 Å². The number of nitrogens with zero attached hydrogens (tertiary/aromatic N) is 1. The Morgan fingerprint density at radius 1 is 1.29 bits per heavy atom. The Hall–Kier alpha value is -1.84. The Morgan fingerprint density at radius 2 is 1.88 bits per heavy atom. The number of aromatic carboxylic acids is 1. The van der Waals surface area contributed by atoms with Crippen LogP contribution < -0.4 is 0 Å². The molecule has 92 valence electrons. The molecule has 0 fully saturated rings. The van der Waals surface area contributed by atoms with Crippen LogP contribution in [0.25, 0.3) is 0 Å². The molecule has 0 unspecified atom stereocenters. The third-order valence-corrected chi connectivity index (χ3v) is 2.34. The average Bonchev–Trinajstić information content (AvgIpc) is 2.27. The van der Waals surface area contributed by atoms with Crippen LogP contribution in [0.3, 0.4) is 0 Å². The first-order chi connectivity index (χ1) is 7.91. The van der Waals surface area contributed by atoms with E-state index in [2.05, 4.69) is 0 Å². The Bertz CT molecular complexity index is 426. The number of hydrogen-bond donors (Lipinski definition) is 1. The molecule has 0 radical (unpaired) electrons. The second-order valence-electron chi connectivity index (χ2n) is 4.47. The Labute approximate surface area is 101 Å². The standard InChI is InChI=1S/C13H17NO3/c1-9(2)8-14(3)12(15)10-5-4-6-11(7-10)13(16)17/h4-7,9H,8H2,1-3H3,(H,16,17). The summed E-state index contributed by atoms with van der Waals surface area (Å²) in [5, 5.41) is 8.85. The van der Waals surface area contributed by atoms with E-state index in [1.165, 1.54) is 12.1 Å². The van der Waals surface area contributed by atoms with Gasteiger partial charge in [-0.25, -0.2) is 4.79 Å². The molecule has 0 spiro atoms. The van der Waals surface area contributed by atoms with Crippen molar-refractivity contribution in [3.63, 3.8) is 0 Å². The molecule has 0 bridgehead atoms. The smallest absolute Gasteiger partial charge is 0.335 e. The predicted octanol–water partition coefficient (Wildman–Crippen LogP) is 2.11. The van der Waals surface area contributed by atoms with E-state index in [0.717, 1.165) is 0 Å². The zero-order valence-corrected chi connectivity index (χ0v) is 10.3. The van der Waals surface area contributed by atoms with E-state index in [4.69, 9.17) is 5.11 Å². The highest BCUT2D eigenvalue weighted by molar-refractivity contribution is 5.97. The summed E-state index contributed by atoms with van der Waals surface area (Å²) in [6.07, 6.45) is 0. The number of amides is 1. The molecule has 0 saturated carbocycles. The number of carboxylic acid groups (broad SMARTS) is 1. The summed E-state index contributed by atoms with van der Waals surface area (Å²) in [4.78, 5) is 24.4. The lowest BCUT2D eigenvalue weighted by molar-refractivity contribution is 0.0697. The van der Waals surface area contributed by atoms with Gasteiger partial charge < -0.3 is 10.0 Å². The highest BCUT2D eigenvalue weighted by Crippen LogP contribution is 2.09. The predicted molar refractivity (Wildman–Crippen MR) is 65.2 cm³/mol. The summed E-state index contributed by atoms with van der Waals surface area (Å²) in [5.41, 5.74) is 0.543. The third kappa shape index (κ3) is 3.59. The molecule has 0 aliphatic rings. The van der Waals surface area contributed by atoms with Gasteiger partial charge in [-0.15, -0.1) is 0 Å². The summed E-state index contributed by atoms with van der Waals surface area (Å²) < 4.78 is 0. The Balaban J connectivity index is 2.89. The summed E-state index contributed by atoms with van der Waals surface area (Å²) in [6, 6.07) is 6.09. The maximum atomic E-state index is 12.0. The van der Waals surface area contributed by atoms with E-state index in [1.54, 1.807) is 24.1 Å². The van der Waals surface area contributed by atoms with Gasteiger partial charge in [-0.2, -0.15) is 0 Å². The molecule has 17 heavy (non-hydrogen) atoms. The molecule has 4 nitrogen and oxygen atoms in total. The van der Waals surface area contributed by atoms with Crippen LogP contribution in [-0.4, -0.2) is 35.5 Å². The Morgan fingerprint density at radius 3 is 2.41 bits per heavy atom. The fourth-order valence-corrected chi connectivity index (χ4v) is 1.64. The van der Waals surface area contributed by atoms with Gasteiger partial charge in [0.2, 0.25) is 0 Å². The first kappa shape index (κ1) is 13.2. The Kier molecular flexibility index (Phi) is 4.26. The lowest BCUT2D eigenvalue weighted by atomic mass is 10.1. The SMILES string of the molecule is CC(C)CN(C)C(=O)c1cccc(C(=O)O)c1. The zero-order chi connectivity index (χ0) is 13.0. The van der Waals surface area contributed by atoms with Crippen LogP contribution >= 0.6 is 0 Å². The van der Waals surface area contributed by atoms with E-state index in [1.807, 2.05) is 13.8 Å². The van der Waals surface area contributed by atoms with Crippen molar-refractivity contribution in [2.45, 2.75) is 13.8 Å². The molecule has 0 heterocycles. The number of rotatable bonds is 4. The largest absolute Gasteiger partial charge is 0.478 e. The maximum absolute atomic E-state index is 12.0. The number of benzene rings is 1. The van der Waals surface area contributed by atoms with Crippen LogP contribution in [0.1, 0.15) is 34.6 Å². The molecule has 0 atom stereocenters. The second kappa shape index (κ2) is 5.48. The number of carbonyl (C=O) groups is 2. The molecule has 0 aromatic heterocycles. The highest BCUT2D eigenvalue weighted by atomic mass is 16.4. The van der Waals surface area contributed by atoms with Crippen LogP contribution in [0.5, 0.6) is 0 Å². The van der Waals surface area contributed by atoms with Crippen LogP contribution in [0.4, 0.5) is 0 Å². The molecule has 0 aliphatic carbocycles. The van der Waals surface area contributed by atoms with E-state index >= 15 is 0 Å². The minimum atomic E-state index is -1.02. The van der Waals surface area contributed by atoms with Crippen molar-refractivity contribution in [1.29, 1.82) is 0 Å². The highest BCUT2D eigenvalue weighted by Gasteiger charge is 2.14. The van der Waals surface area contributed by atoms with Crippen molar-refractivity contribution in [3.05, 3.63) is 35.4 Å². The van der Waals surface area contributed by atoms with Crippen LogP contribution in [-0.2, 0) is 0 Å². The van der Waals surface area contributed by atoms with Gasteiger partial charge in [0.1, 0.15) is 0 Å². The minimum absolute atomic E-state index is 0.133. The fourth-order valence-electron chi connectivity index (χ4n) is 1.64. The zero-order valence-electron chi connectivity index (χ0n) is 10.3. The summed E-state index contributed by atoms with van der Waals surface area (Å²) in [7, 11) is 1.72. The van der Waals surface area contributed by atoms with Crippen LogP contribution in [0, 0.1) is 5.92 Å². The van der Waals surface area contributed by atoms with E-state index in [0.29, 0.717) is 18.0 Å². The van der Waals surface area contributed by atoms with Gasteiger partial charge in [-0.3, -0.25) is 4.79 Å². The molecular weight excluding hydrogens is 218 g/mol. The van der Waals surface area contributed by atoms with Gasteiger partial charge in [0, 0.05) is 19.2 Å². The van der Waals surface area contributed by atoms with Gasteiger partial charge in [-0.1, -0.05) is 19.9 Å². The lowest BCUT2D eigenvalue weighted by Gasteiger charge is -2.19. The monoisotopic (exact) mass is 235 g/mol. The van der Waals surface area contributed by atoms with E-state index < -0.39 is 5.97 Å². The maximum Gasteiger partial charge on any atom is 0.335 e. The van der Waals surface area contributed by atoms with Crippen molar-refractivity contribution < 1.29 is 14.7 Å². The summed E-state index contributed by atoms with van der Waals surface area (Å²) in [6.45, 7) is 4.70. The van der Waals surface area contributed by atoms with Crippen molar-refractivity contribution in [1.82, 2.24) is 4.90 Å². The number of hydrogen-bond acceptors (Lipinski definition) is 2. The number of carbonyl (C=O) groups excluding carboxylic acids is 1. The molecule has 0 aliphatic heterocycles. The normalized spacial score (nSPS) is 10.4. The molecule has 1 N–H and O–H groups in total. The lowest BCUT2D eigenvalue weighted by Crippen LogP contribution is -2.30. The molecule has 4 heteroatoms. The molecule has 1 aromatic carbocycles. The third-order valence-electron chi connectivity index (χ3n) is 2.34. The minimum Gasteiger partial charge on any atom is -0.478 e. The molecular formula is C13H17NO3. The first-order valence-electron chi connectivity index (χ1n) is 5.50. The molecule has 1 amide bonds. The summed E-state index contributed by atoms with van der Waals surface area (Å²) in [5.74, 6) is -0.792. The average molecular weight is 235 g/mol.